The molecule has 2 heterocycles. The van der Waals surface area contributed by atoms with Gasteiger partial charge in [-0.2, -0.15) is 0 Å². The fraction of sp³-hybridized carbons (Fsp3) is 0.171. The molecular weight excluding hydrogens is 586 g/mol. The van der Waals surface area contributed by atoms with Crippen molar-refractivity contribution in [3.05, 3.63) is 118 Å². The van der Waals surface area contributed by atoms with Gasteiger partial charge in [-0.15, -0.1) is 5.10 Å². The highest BCUT2D eigenvalue weighted by molar-refractivity contribution is 5.90. The molecule has 6 aromatic rings. The first-order chi connectivity index (χ1) is 22.4. The van der Waals surface area contributed by atoms with Crippen LogP contribution in [0.4, 0.5) is 0 Å². The molecule has 232 valence electrons. The zero-order valence-corrected chi connectivity index (χ0v) is 25.5. The zero-order chi connectivity index (χ0) is 32.2. The van der Waals surface area contributed by atoms with Gasteiger partial charge in [-0.1, -0.05) is 47.7 Å². The quantitative estimate of drug-likeness (QED) is 0.203. The number of hydrogen-bond donors (Lipinski definition) is 1. The van der Waals surface area contributed by atoms with E-state index in [4.69, 9.17) is 19.2 Å². The Kier molecular flexibility index (Phi) is 8.46. The summed E-state index contributed by atoms with van der Waals surface area (Å²) in [5.74, 6) is 1.20. The zero-order valence-electron chi connectivity index (χ0n) is 25.5. The van der Waals surface area contributed by atoms with E-state index >= 15 is 0 Å². The van der Waals surface area contributed by atoms with Crippen LogP contribution >= 0.6 is 0 Å². The fourth-order valence-electron chi connectivity index (χ4n) is 5.13. The van der Waals surface area contributed by atoms with Crippen molar-refractivity contribution in [2.24, 2.45) is 0 Å². The van der Waals surface area contributed by atoms with Crippen LogP contribution < -0.4 is 15.0 Å². The normalized spacial score (nSPS) is 11.0. The van der Waals surface area contributed by atoms with Crippen LogP contribution in [0.15, 0.2) is 95.8 Å². The van der Waals surface area contributed by atoms with Crippen molar-refractivity contribution in [1.29, 1.82) is 0 Å². The summed E-state index contributed by atoms with van der Waals surface area (Å²) in [5, 5.41) is 19.8. The summed E-state index contributed by atoms with van der Waals surface area (Å²) >= 11 is 0. The number of benzene rings is 4. The van der Waals surface area contributed by atoms with Crippen molar-refractivity contribution in [2.75, 3.05) is 20.8 Å². The summed E-state index contributed by atoms with van der Waals surface area (Å²) in [4.78, 5) is 30.9. The predicted molar refractivity (Wildman–Crippen MR) is 172 cm³/mol. The number of nitrogens with zero attached hydrogens (tertiary/aromatic N) is 5. The van der Waals surface area contributed by atoms with Crippen LogP contribution in [0.25, 0.3) is 33.7 Å². The van der Waals surface area contributed by atoms with Crippen LogP contribution in [0.5, 0.6) is 17.2 Å². The highest BCUT2D eigenvalue weighted by atomic mass is 16.5. The Labute approximate surface area is 264 Å². The standard InChI is InChI=1S/C35H31N5O6/c1-4-46-35(43)25-11-9-24(10-12-25)26-13-18-29(30(41)19-26)32-36-33-31(34(42)39(32)20-22-5-14-27(44-2)15-6-22)37-38-40(33)21-23-7-16-28(45-3)17-8-23/h5-19,41H,4,20-21H2,1-3H3. The molecular formula is C35H31N5O6. The summed E-state index contributed by atoms with van der Waals surface area (Å²) in [5.41, 5.74) is 4.05. The minimum Gasteiger partial charge on any atom is -0.507 e. The van der Waals surface area contributed by atoms with E-state index in [0.29, 0.717) is 34.6 Å². The van der Waals surface area contributed by atoms with E-state index in [1.54, 1.807) is 62.2 Å². The maximum Gasteiger partial charge on any atom is 0.338 e. The molecule has 6 rings (SSSR count). The molecule has 0 bridgehead atoms. The predicted octanol–water partition coefficient (Wildman–Crippen LogP) is 5.32. The average molecular weight is 618 g/mol. The van der Waals surface area contributed by atoms with Gasteiger partial charge in [-0.05, 0) is 77.7 Å². The maximum atomic E-state index is 14.0. The third-order valence-electron chi connectivity index (χ3n) is 7.58. The topological polar surface area (TPSA) is 131 Å². The van der Waals surface area contributed by atoms with E-state index in [2.05, 4.69) is 10.3 Å². The number of fused-ring (bicyclic) bond motifs is 1. The Hall–Kier alpha value is -5.97. The van der Waals surface area contributed by atoms with E-state index in [1.807, 2.05) is 54.6 Å². The van der Waals surface area contributed by atoms with E-state index in [-0.39, 0.29) is 30.2 Å². The van der Waals surface area contributed by atoms with Gasteiger partial charge in [-0.25, -0.2) is 14.5 Å². The summed E-state index contributed by atoms with van der Waals surface area (Å²) in [6.45, 7) is 2.53. The second kappa shape index (κ2) is 12.9. The van der Waals surface area contributed by atoms with Gasteiger partial charge in [0.2, 0.25) is 0 Å². The molecule has 46 heavy (non-hydrogen) atoms. The van der Waals surface area contributed by atoms with Gasteiger partial charge in [0.25, 0.3) is 5.56 Å². The lowest BCUT2D eigenvalue weighted by molar-refractivity contribution is 0.0526. The number of phenolic OH excluding ortho intramolecular Hbond substituents is 1. The first-order valence-corrected chi connectivity index (χ1v) is 14.6. The SMILES string of the molecule is CCOC(=O)c1ccc(-c2ccc(-c3nc4c(nnn4Cc4ccc(OC)cc4)c(=O)n3Cc3ccc(OC)cc3)c(O)c2)cc1. The number of esters is 1. The van der Waals surface area contributed by atoms with Crippen molar-refractivity contribution in [3.8, 4) is 39.8 Å². The molecule has 0 spiro atoms. The van der Waals surface area contributed by atoms with Crippen molar-refractivity contribution in [3.63, 3.8) is 0 Å². The number of aromatic nitrogens is 5. The molecule has 0 radical (unpaired) electrons. The molecule has 0 atom stereocenters. The average Bonchev–Trinajstić information content (AvgIpc) is 3.49. The second-order valence-electron chi connectivity index (χ2n) is 10.5. The first kappa shape index (κ1) is 30.1. The molecule has 0 aliphatic rings. The molecule has 0 aliphatic carbocycles. The minimum absolute atomic E-state index is 0.0733. The number of carbonyl (C=O) groups is 1. The van der Waals surface area contributed by atoms with Crippen molar-refractivity contribution < 1.29 is 24.1 Å². The third-order valence-corrected chi connectivity index (χ3v) is 7.58. The van der Waals surface area contributed by atoms with Crippen LogP contribution in [0, 0.1) is 0 Å². The van der Waals surface area contributed by atoms with Gasteiger partial charge < -0.3 is 19.3 Å². The molecule has 11 heteroatoms. The number of ether oxygens (including phenoxy) is 3. The minimum atomic E-state index is -0.399. The Morgan fingerprint density at radius 1 is 0.804 bits per heavy atom. The largest absolute Gasteiger partial charge is 0.507 e. The number of hydrogen-bond acceptors (Lipinski definition) is 9. The number of rotatable bonds is 10. The fourth-order valence-corrected chi connectivity index (χ4v) is 5.13. The molecule has 1 N–H and O–H groups in total. The Morgan fingerprint density at radius 2 is 1.41 bits per heavy atom. The number of phenols is 1. The smallest absolute Gasteiger partial charge is 0.338 e. The van der Waals surface area contributed by atoms with Crippen LogP contribution in [0.1, 0.15) is 28.4 Å². The van der Waals surface area contributed by atoms with Gasteiger partial charge in [-0.3, -0.25) is 9.36 Å². The molecule has 2 aromatic heterocycles. The highest BCUT2D eigenvalue weighted by Gasteiger charge is 2.21. The summed E-state index contributed by atoms with van der Waals surface area (Å²) < 4.78 is 18.7. The Morgan fingerprint density at radius 3 is 2.00 bits per heavy atom. The molecule has 0 fully saturated rings. The summed E-state index contributed by atoms with van der Waals surface area (Å²) in [6.07, 6.45) is 0. The lowest BCUT2D eigenvalue weighted by Gasteiger charge is -2.15. The molecule has 0 saturated heterocycles. The Bertz CT molecular complexity index is 2070. The van der Waals surface area contributed by atoms with Crippen LogP contribution in [0.2, 0.25) is 0 Å². The number of aromatic hydroxyl groups is 1. The lowest BCUT2D eigenvalue weighted by Crippen LogP contribution is -2.24. The third kappa shape index (κ3) is 6.03. The van der Waals surface area contributed by atoms with Crippen molar-refractivity contribution in [2.45, 2.75) is 20.0 Å². The Balaban J connectivity index is 1.43. The summed E-state index contributed by atoms with van der Waals surface area (Å²) in [6, 6.07) is 26.9. The van der Waals surface area contributed by atoms with Crippen molar-refractivity contribution >= 4 is 17.1 Å². The van der Waals surface area contributed by atoms with Gasteiger partial charge in [0.05, 0.1) is 45.0 Å². The number of methoxy groups -OCH3 is 2. The first-order valence-electron chi connectivity index (χ1n) is 14.6. The lowest BCUT2D eigenvalue weighted by atomic mass is 10.0. The maximum absolute atomic E-state index is 14.0. The van der Waals surface area contributed by atoms with Crippen LogP contribution in [-0.4, -0.2) is 56.4 Å². The molecule has 0 amide bonds. The molecule has 11 nitrogen and oxygen atoms in total. The molecule has 0 unspecified atom stereocenters. The highest BCUT2D eigenvalue weighted by Crippen LogP contribution is 2.33. The molecule has 4 aromatic carbocycles. The van der Waals surface area contributed by atoms with E-state index in [0.717, 1.165) is 22.4 Å². The van der Waals surface area contributed by atoms with Crippen LogP contribution in [-0.2, 0) is 17.8 Å². The van der Waals surface area contributed by atoms with Gasteiger partial charge in [0.15, 0.2) is 11.2 Å². The van der Waals surface area contributed by atoms with Gasteiger partial charge in [0.1, 0.15) is 23.1 Å². The number of carbonyl (C=O) groups excluding carboxylic acids is 1. The second-order valence-corrected chi connectivity index (χ2v) is 10.5. The van der Waals surface area contributed by atoms with E-state index in [1.165, 1.54) is 4.57 Å². The van der Waals surface area contributed by atoms with Crippen molar-refractivity contribution in [1.82, 2.24) is 24.5 Å². The monoisotopic (exact) mass is 617 g/mol. The van der Waals surface area contributed by atoms with Gasteiger partial charge >= 0.3 is 5.97 Å². The molecule has 0 aliphatic heterocycles. The van der Waals surface area contributed by atoms with Crippen LogP contribution in [0.3, 0.4) is 0 Å². The molecule has 0 saturated carbocycles. The van der Waals surface area contributed by atoms with Gasteiger partial charge in [0, 0.05) is 0 Å². The van der Waals surface area contributed by atoms with E-state index in [9.17, 15) is 14.7 Å². The summed E-state index contributed by atoms with van der Waals surface area (Å²) in [7, 11) is 3.19. The van der Waals surface area contributed by atoms with E-state index < -0.39 is 11.5 Å².